The predicted molar refractivity (Wildman–Crippen MR) is 104 cm³/mol. The van der Waals surface area contributed by atoms with Crippen molar-refractivity contribution in [3.8, 4) is 0 Å². The first-order valence-electron chi connectivity index (χ1n) is 11.3. The summed E-state index contributed by atoms with van der Waals surface area (Å²) in [7, 11) is 0. The summed E-state index contributed by atoms with van der Waals surface area (Å²) in [5.74, 6) is 7.99. The van der Waals surface area contributed by atoms with E-state index in [2.05, 4.69) is 41.5 Å². The van der Waals surface area contributed by atoms with Gasteiger partial charge in [-0.2, -0.15) is 0 Å². The quantitative estimate of drug-likeness (QED) is 0.477. The van der Waals surface area contributed by atoms with Crippen LogP contribution in [0.15, 0.2) is 0 Å². The molecule has 24 heavy (non-hydrogen) atoms. The molecule has 4 rings (SSSR count). The van der Waals surface area contributed by atoms with Gasteiger partial charge in [-0.15, -0.1) is 0 Å². The molecule has 0 nitrogen and oxygen atoms in total. The number of rotatable bonds is 1. The van der Waals surface area contributed by atoms with Gasteiger partial charge in [-0.1, -0.05) is 48.0 Å². The van der Waals surface area contributed by atoms with Crippen LogP contribution in [0.4, 0.5) is 0 Å². The van der Waals surface area contributed by atoms with Crippen molar-refractivity contribution in [3.63, 3.8) is 0 Å². The first kappa shape index (κ1) is 17.4. The molecule has 0 aliphatic heterocycles. The fourth-order valence-electron chi connectivity index (χ4n) is 9.29. The van der Waals surface area contributed by atoms with Crippen LogP contribution >= 0.6 is 0 Å². The summed E-state index contributed by atoms with van der Waals surface area (Å²) in [6.45, 7) is 15.5. The summed E-state index contributed by atoms with van der Waals surface area (Å²) in [4.78, 5) is 0. The summed E-state index contributed by atoms with van der Waals surface area (Å²) in [6, 6.07) is 0. The maximum Gasteiger partial charge on any atom is -0.0261 e. The zero-order valence-electron chi connectivity index (χ0n) is 17.3. The highest BCUT2D eigenvalue weighted by molar-refractivity contribution is 5.10. The molecule has 4 saturated carbocycles. The van der Waals surface area contributed by atoms with Crippen LogP contribution in [-0.2, 0) is 0 Å². The van der Waals surface area contributed by atoms with E-state index in [1.54, 1.807) is 19.3 Å². The smallest absolute Gasteiger partial charge is 0.0261 e. The van der Waals surface area contributed by atoms with Crippen molar-refractivity contribution in [2.75, 3.05) is 0 Å². The summed E-state index contributed by atoms with van der Waals surface area (Å²) < 4.78 is 0. The molecule has 0 saturated heterocycles. The highest BCUT2D eigenvalue weighted by atomic mass is 14.7. The highest BCUT2D eigenvalue weighted by Gasteiger charge is 2.61. The normalized spacial score (nSPS) is 57.4. The Kier molecular flexibility index (Phi) is 4.17. The van der Waals surface area contributed by atoms with E-state index in [1.807, 2.05) is 0 Å². The fourth-order valence-corrected chi connectivity index (χ4v) is 9.29. The van der Waals surface area contributed by atoms with Gasteiger partial charge in [0, 0.05) is 0 Å². The van der Waals surface area contributed by atoms with Gasteiger partial charge < -0.3 is 0 Å². The van der Waals surface area contributed by atoms with Gasteiger partial charge in [-0.05, 0) is 103 Å². The molecule has 0 radical (unpaired) electrons. The van der Waals surface area contributed by atoms with E-state index in [-0.39, 0.29) is 0 Å². The molecule has 0 aromatic heterocycles. The third-order valence-corrected chi connectivity index (χ3v) is 10.1. The van der Waals surface area contributed by atoms with Crippen LogP contribution in [0.3, 0.4) is 0 Å². The van der Waals surface area contributed by atoms with Gasteiger partial charge in [0.15, 0.2) is 0 Å². The third-order valence-electron chi connectivity index (χ3n) is 10.1. The molecular formula is C24H42. The van der Waals surface area contributed by atoms with Crippen molar-refractivity contribution in [2.24, 2.45) is 58.2 Å². The molecular weight excluding hydrogens is 288 g/mol. The van der Waals surface area contributed by atoms with E-state index in [1.165, 1.54) is 32.1 Å². The minimum absolute atomic E-state index is 0.653. The minimum Gasteiger partial charge on any atom is -0.0625 e. The lowest BCUT2D eigenvalue weighted by atomic mass is 9.44. The predicted octanol–water partition coefficient (Wildman–Crippen LogP) is 7.18. The standard InChI is InChI=1S/C24H42/c1-15(2)22-17(4)14-21-19-8-7-18-13-16(3)9-11-23(18,5)20(19)10-12-24(21,22)6/h15-22H,7-14H2,1-6H3. The van der Waals surface area contributed by atoms with E-state index in [0.717, 1.165) is 47.3 Å². The van der Waals surface area contributed by atoms with Gasteiger partial charge in [0.1, 0.15) is 0 Å². The zero-order chi connectivity index (χ0) is 17.3. The monoisotopic (exact) mass is 330 g/mol. The topological polar surface area (TPSA) is 0 Å². The molecule has 4 aliphatic rings. The minimum atomic E-state index is 0.653. The molecule has 9 unspecified atom stereocenters. The van der Waals surface area contributed by atoms with E-state index < -0.39 is 0 Å². The van der Waals surface area contributed by atoms with Crippen molar-refractivity contribution in [1.29, 1.82) is 0 Å². The Bertz CT molecular complexity index is 478. The molecule has 9 atom stereocenters. The summed E-state index contributed by atoms with van der Waals surface area (Å²) in [5.41, 5.74) is 1.34. The van der Waals surface area contributed by atoms with Gasteiger partial charge in [0.25, 0.3) is 0 Å². The van der Waals surface area contributed by atoms with Gasteiger partial charge in [0.05, 0.1) is 0 Å². The lowest BCUT2D eigenvalue weighted by Crippen LogP contribution is -2.53. The Morgan fingerprint density at radius 1 is 0.792 bits per heavy atom. The Morgan fingerprint density at radius 3 is 2.21 bits per heavy atom. The van der Waals surface area contributed by atoms with Crippen LogP contribution in [-0.4, -0.2) is 0 Å². The Hall–Kier alpha value is 0. The van der Waals surface area contributed by atoms with Crippen molar-refractivity contribution < 1.29 is 0 Å². The SMILES string of the molecule is CC1CCC2(C)C(CCC3C2CCC2(C)C3CC(C)C2C(C)C)C1. The zero-order valence-corrected chi connectivity index (χ0v) is 17.3. The first-order chi connectivity index (χ1) is 11.3. The van der Waals surface area contributed by atoms with Crippen LogP contribution < -0.4 is 0 Å². The molecule has 0 spiro atoms. The average Bonchev–Trinajstić information content (AvgIpc) is 2.78. The molecule has 4 aliphatic carbocycles. The van der Waals surface area contributed by atoms with Crippen molar-refractivity contribution >= 4 is 0 Å². The van der Waals surface area contributed by atoms with Crippen molar-refractivity contribution in [2.45, 2.75) is 92.9 Å². The fraction of sp³-hybridized carbons (Fsp3) is 1.00. The maximum absolute atomic E-state index is 2.72. The number of hydrogen-bond donors (Lipinski definition) is 0. The van der Waals surface area contributed by atoms with Crippen LogP contribution in [0.5, 0.6) is 0 Å². The summed E-state index contributed by atoms with van der Waals surface area (Å²) in [6.07, 6.45) is 12.3. The van der Waals surface area contributed by atoms with E-state index in [4.69, 9.17) is 0 Å². The van der Waals surface area contributed by atoms with Gasteiger partial charge in [-0.25, -0.2) is 0 Å². The number of hydrogen-bond acceptors (Lipinski definition) is 0. The molecule has 0 aromatic rings. The molecule has 0 amide bonds. The average molecular weight is 331 g/mol. The second-order valence-electron chi connectivity index (χ2n) is 11.6. The second kappa shape index (κ2) is 5.75. The highest BCUT2D eigenvalue weighted by Crippen LogP contribution is 2.69. The Morgan fingerprint density at radius 2 is 1.50 bits per heavy atom. The largest absolute Gasteiger partial charge is 0.0625 e. The Labute approximate surface area is 151 Å². The molecule has 0 bridgehead atoms. The van der Waals surface area contributed by atoms with Crippen LogP contribution in [0.25, 0.3) is 0 Å². The molecule has 0 aromatic carbocycles. The lowest BCUT2D eigenvalue weighted by molar-refractivity contribution is -0.119. The van der Waals surface area contributed by atoms with Crippen LogP contribution in [0.2, 0.25) is 0 Å². The first-order valence-corrected chi connectivity index (χ1v) is 11.3. The lowest BCUT2D eigenvalue weighted by Gasteiger charge is -2.61. The molecule has 4 fully saturated rings. The maximum atomic E-state index is 2.72. The number of fused-ring (bicyclic) bond motifs is 5. The summed E-state index contributed by atoms with van der Waals surface area (Å²) in [5, 5.41) is 0. The molecule has 0 heterocycles. The molecule has 0 heteroatoms. The van der Waals surface area contributed by atoms with Crippen LogP contribution in [0.1, 0.15) is 92.9 Å². The third kappa shape index (κ3) is 2.30. The van der Waals surface area contributed by atoms with Gasteiger partial charge in [0.2, 0.25) is 0 Å². The molecule has 138 valence electrons. The summed E-state index contributed by atoms with van der Waals surface area (Å²) >= 11 is 0. The molecule has 0 N–H and O–H groups in total. The van der Waals surface area contributed by atoms with Gasteiger partial charge in [-0.3, -0.25) is 0 Å². The van der Waals surface area contributed by atoms with Gasteiger partial charge >= 0.3 is 0 Å². The van der Waals surface area contributed by atoms with Crippen molar-refractivity contribution in [1.82, 2.24) is 0 Å². The van der Waals surface area contributed by atoms with E-state index in [9.17, 15) is 0 Å². The van der Waals surface area contributed by atoms with E-state index in [0.29, 0.717) is 10.8 Å². The van der Waals surface area contributed by atoms with Crippen molar-refractivity contribution in [3.05, 3.63) is 0 Å². The second-order valence-corrected chi connectivity index (χ2v) is 11.6. The Balaban J connectivity index is 1.63. The van der Waals surface area contributed by atoms with Crippen LogP contribution in [0, 0.1) is 58.2 Å². The van der Waals surface area contributed by atoms with E-state index >= 15 is 0 Å².